The standard InChI is InChI=1S/C20H21N5O/c26-20(19-13-21-25(23-19)18-9-5-2-6-10-18)22-17-11-12-24(15-17)14-16-7-3-1-4-8-16/h1-10,13,17H,11-12,14-15H2,(H,22,26). The number of para-hydroxylation sites is 1. The monoisotopic (exact) mass is 347 g/mol. The molecule has 1 atom stereocenters. The lowest BCUT2D eigenvalue weighted by atomic mass is 10.2. The van der Waals surface area contributed by atoms with Crippen LogP contribution in [0.3, 0.4) is 0 Å². The molecule has 1 saturated heterocycles. The average molecular weight is 347 g/mol. The summed E-state index contributed by atoms with van der Waals surface area (Å²) in [5.74, 6) is -0.168. The molecule has 3 aromatic rings. The molecule has 0 bridgehead atoms. The van der Waals surface area contributed by atoms with E-state index in [1.54, 1.807) is 0 Å². The largest absolute Gasteiger partial charge is 0.347 e. The highest BCUT2D eigenvalue weighted by molar-refractivity contribution is 5.92. The molecule has 0 aliphatic carbocycles. The number of nitrogens with one attached hydrogen (secondary N) is 1. The maximum absolute atomic E-state index is 12.5. The number of rotatable bonds is 5. The summed E-state index contributed by atoms with van der Waals surface area (Å²) in [5.41, 5.74) is 2.47. The van der Waals surface area contributed by atoms with Crippen molar-refractivity contribution in [2.45, 2.75) is 19.0 Å². The van der Waals surface area contributed by atoms with Gasteiger partial charge in [0.2, 0.25) is 0 Å². The maximum Gasteiger partial charge on any atom is 0.273 e. The van der Waals surface area contributed by atoms with Gasteiger partial charge in [0.1, 0.15) is 0 Å². The fraction of sp³-hybridized carbons (Fsp3) is 0.250. The second kappa shape index (κ2) is 7.49. The second-order valence-electron chi connectivity index (χ2n) is 6.53. The summed E-state index contributed by atoms with van der Waals surface area (Å²) in [6.07, 6.45) is 2.46. The first-order valence-corrected chi connectivity index (χ1v) is 8.83. The highest BCUT2D eigenvalue weighted by atomic mass is 16.2. The minimum absolute atomic E-state index is 0.146. The van der Waals surface area contributed by atoms with Gasteiger partial charge in [0.25, 0.3) is 5.91 Å². The van der Waals surface area contributed by atoms with Crippen LogP contribution in [0.25, 0.3) is 5.69 Å². The molecule has 4 rings (SSSR count). The lowest BCUT2D eigenvalue weighted by Gasteiger charge is -2.16. The number of carbonyl (C=O) groups excluding carboxylic acids is 1. The van der Waals surface area contributed by atoms with E-state index in [-0.39, 0.29) is 11.9 Å². The molecule has 6 nitrogen and oxygen atoms in total. The van der Waals surface area contributed by atoms with E-state index in [2.05, 4.69) is 44.7 Å². The Bertz CT molecular complexity index is 862. The molecule has 26 heavy (non-hydrogen) atoms. The number of nitrogens with zero attached hydrogens (tertiary/aromatic N) is 4. The number of aromatic nitrogens is 3. The van der Waals surface area contributed by atoms with Crippen LogP contribution < -0.4 is 5.32 Å². The topological polar surface area (TPSA) is 63.1 Å². The van der Waals surface area contributed by atoms with Crippen LogP contribution in [0.1, 0.15) is 22.5 Å². The van der Waals surface area contributed by atoms with E-state index in [1.165, 1.54) is 16.6 Å². The first-order chi connectivity index (χ1) is 12.8. The van der Waals surface area contributed by atoms with Crippen molar-refractivity contribution in [3.05, 3.63) is 78.1 Å². The van der Waals surface area contributed by atoms with Crippen LogP contribution in [0.15, 0.2) is 66.9 Å². The van der Waals surface area contributed by atoms with Crippen LogP contribution in [-0.2, 0) is 6.54 Å². The van der Waals surface area contributed by atoms with Crippen molar-refractivity contribution in [2.75, 3.05) is 13.1 Å². The summed E-state index contributed by atoms with van der Waals surface area (Å²) in [7, 11) is 0. The molecule has 1 amide bonds. The molecule has 0 saturated carbocycles. The van der Waals surface area contributed by atoms with Crippen LogP contribution in [0.5, 0.6) is 0 Å². The van der Waals surface area contributed by atoms with Crippen molar-refractivity contribution < 1.29 is 4.79 Å². The molecule has 1 unspecified atom stereocenters. The van der Waals surface area contributed by atoms with Crippen molar-refractivity contribution in [1.29, 1.82) is 0 Å². The predicted octanol–water partition coefficient (Wildman–Crippen LogP) is 2.27. The van der Waals surface area contributed by atoms with E-state index in [0.717, 1.165) is 31.7 Å². The third-order valence-corrected chi connectivity index (χ3v) is 4.57. The molecule has 1 N–H and O–H groups in total. The summed E-state index contributed by atoms with van der Waals surface area (Å²) < 4.78 is 0. The zero-order valence-corrected chi connectivity index (χ0v) is 14.5. The molecule has 6 heteroatoms. The predicted molar refractivity (Wildman–Crippen MR) is 98.9 cm³/mol. The van der Waals surface area contributed by atoms with Gasteiger partial charge in [-0.3, -0.25) is 9.69 Å². The van der Waals surface area contributed by atoms with Gasteiger partial charge >= 0.3 is 0 Å². The van der Waals surface area contributed by atoms with Crippen LogP contribution in [0, 0.1) is 0 Å². The van der Waals surface area contributed by atoms with Gasteiger partial charge in [0.15, 0.2) is 5.69 Å². The number of carbonyl (C=O) groups is 1. The third-order valence-electron chi connectivity index (χ3n) is 4.57. The average Bonchev–Trinajstić information content (AvgIpc) is 3.33. The Kier molecular flexibility index (Phi) is 4.75. The van der Waals surface area contributed by atoms with Crippen LogP contribution in [0.4, 0.5) is 0 Å². The number of hydrogen-bond donors (Lipinski definition) is 1. The number of amides is 1. The van der Waals surface area contributed by atoms with Crippen molar-refractivity contribution in [3.63, 3.8) is 0 Å². The highest BCUT2D eigenvalue weighted by Gasteiger charge is 2.25. The van der Waals surface area contributed by atoms with E-state index >= 15 is 0 Å². The third kappa shape index (κ3) is 3.81. The van der Waals surface area contributed by atoms with E-state index in [4.69, 9.17) is 0 Å². The fourth-order valence-electron chi connectivity index (χ4n) is 3.25. The van der Waals surface area contributed by atoms with Gasteiger partial charge in [0, 0.05) is 25.7 Å². The Morgan fingerprint density at radius 3 is 2.58 bits per heavy atom. The van der Waals surface area contributed by atoms with Crippen molar-refractivity contribution in [3.8, 4) is 5.69 Å². The summed E-state index contributed by atoms with van der Waals surface area (Å²) in [4.78, 5) is 16.3. The summed E-state index contributed by atoms with van der Waals surface area (Å²) in [6, 6.07) is 20.1. The van der Waals surface area contributed by atoms with E-state index in [1.807, 2.05) is 36.4 Å². The molecule has 0 spiro atoms. The zero-order chi connectivity index (χ0) is 17.8. The van der Waals surface area contributed by atoms with Gasteiger partial charge in [0.05, 0.1) is 11.9 Å². The Hall–Kier alpha value is -2.99. The fourth-order valence-corrected chi connectivity index (χ4v) is 3.25. The molecule has 0 radical (unpaired) electrons. The highest BCUT2D eigenvalue weighted by Crippen LogP contribution is 2.14. The van der Waals surface area contributed by atoms with Gasteiger partial charge < -0.3 is 5.32 Å². The zero-order valence-electron chi connectivity index (χ0n) is 14.5. The molecular formula is C20H21N5O. The normalized spacial score (nSPS) is 17.3. The molecule has 1 fully saturated rings. The lowest BCUT2D eigenvalue weighted by Crippen LogP contribution is -2.37. The minimum atomic E-state index is -0.168. The quantitative estimate of drug-likeness (QED) is 0.769. The Morgan fingerprint density at radius 1 is 1.08 bits per heavy atom. The molecular weight excluding hydrogens is 326 g/mol. The molecule has 1 aliphatic heterocycles. The Balaban J connectivity index is 1.33. The van der Waals surface area contributed by atoms with Gasteiger partial charge in [-0.15, -0.1) is 5.10 Å². The van der Waals surface area contributed by atoms with Crippen LogP contribution >= 0.6 is 0 Å². The number of benzene rings is 2. The maximum atomic E-state index is 12.5. The first-order valence-electron chi connectivity index (χ1n) is 8.83. The first kappa shape index (κ1) is 16.5. The SMILES string of the molecule is O=C(NC1CCN(Cc2ccccc2)C1)c1cnn(-c2ccccc2)n1. The van der Waals surface area contributed by atoms with Crippen molar-refractivity contribution in [1.82, 2.24) is 25.2 Å². The minimum Gasteiger partial charge on any atom is -0.347 e. The van der Waals surface area contributed by atoms with Gasteiger partial charge in [-0.25, -0.2) is 0 Å². The van der Waals surface area contributed by atoms with E-state index < -0.39 is 0 Å². The van der Waals surface area contributed by atoms with Crippen molar-refractivity contribution >= 4 is 5.91 Å². The summed E-state index contributed by atoms with van der Waals surface area (Å²) >= 11 is 0. The van der Waals surface area contributed by atoms with E-state index in [0.29, 0.717) is 5.69 Å². The molecule has 1 aromatic heterocycles. The lowest BCUT2D eigenvalue weighted by molar-refractivity contribution is 0.0932. The van der Waals surface area contributed by atoms with Crippen LogP contribution in [0.2, 0.25) is 0 Å². The van der Waals surface area contributed by atoms with E-state index in [9.17, 15) is 4.79 Å². The molecule has 132 valence electrons. The summed E-state index contributed by atoms with van der Waals surface area (Å²) in [5, 5.41) is 11.6. The van der Waals surface area contributed by atoms with Gasteiger partial charge in [-0.1, -0.05) is 48.5 Å². The smallest absolute Gasteiger partial charge is 0.273 e. The molecule has 2 heterocycles. The molecule has 2 aromatic carbocycles. The number of likely N-dealkylation sites (tertiary alicyclic amines) is 1. The number of hydrogen-bond acceptors (Lipinski definition) is 4. The second-order valence-corrected chi connectivity index (χ2v) is 6.53. The van der Waals surface area contributed by atoms with Gasteiger partial charge in [-0.05, 0) is 24.1 Å². The van der Waals surface area contributed by atoms with Crippen LogP contribution in [-0.4, -0.2) is 44.9 Å². The Morgan fingerprint density at radius 2 is 1.81 bits per heavy atom. The van der Waals surface area contributed by atoms with Gasteiger partial charge in [-0.2, -0.15) is 9.90 Å². The summed E-state index contributed by atoms with van der Waals surface area (Å²) in [6.45, 7) is 2.75. The van der Waals surface area contributed by atoms with Crippen molar-refractivity contribution in [2.24, 2.45) is 0 Å². The molecule has 1 aliphatic rings. The Labute approximate surface area is 152 Å².